The lowest BCUT2D eigenvalue weighted by atomic mass is 9.85. The topological polar surface area (TPSA) is 75.6 Å². The Kier molecular flexibility index (Phi) is 9.79. The fourth-order valence-electron chi connectivity index (χ4n) is 4.53. The molecule has 4 unspecified atom stereocenters. The molecule has 0 amide bonds. The van der Waals surface area contributed by atoms with Gasteiger partial charge in [-0.25, -0.2) is 0 Å². The highest BCUT2D eigenvalue weighted by atomic mass is 28.4. The van der Waals surface area contributed by atoms with Crippen molar-refractivity contribution in [1.29, 1.82) is 0 Å². The zero-order valence-electron chi connectivity index (χ0n) is 22.1. The van der Waals surface area contributed by atoms with Gasteiger partial charge in [0.2, 0.25) is 0 Å². The van der Waals surface area contributed by atoms with Gasteiger partial charge in [-0.3, -0.25) is 0 Å². The van der Waals surface area contributed by atoms with Crippen LogP contribution >= 0.6 is 0 Å². The first kappa shape index (κ1) is 28.2. The maximum Gasteiger partial charge on any atom is 0.192 e. The SMILES string of the molecule is COCC1O[C@@H](OCC2O[C@@H](C)C(C)[C@@H](O[Si](C)(C)C(C)(C)C)[C@@H]2O)C(C)[C@@H](OC)[C@@H]1C. The van der Waals surface area contributed by atoms with Crippen LogP contribution in [-0.4, -0.2) is 83.8 Å². The molecule has 2 aliphatic rings. The van der Waals surface area contributed by atoms with Gasteiger partial charge in [0.05, 0.1) is 37.6 Å². The highest BCUT2D eigenvalue weighted by Crippen LogP contribution is 2.41. The summed E-state index contributed by atoms with van der Waals surface area (Å²) in [6.07, 6.45) is -2.14. The van der Waals surface area contributed by atoms with Crippen molar-refractivity contribution in [2.75, 3.05) is 27.4 Å². The minimum absolute atomic E-state index is 0.000268. The maximum atomic E-state index is 11.2. The van der Waals surface area contributed by atoms with Gasteiger partial charge in [-0.15, -0.1) is 0 Å². The summed E-state index contributed by atoms with van der Waals surface area (Å²) in [6.45, 7) is 20.1. The summed E-state index contributed by atoms with van der Waals surface area (Å²) in [6, 6.07) is 0. The third kappa shape index (κ3) is 6.13. The molecule has 8 heteroatoms. The molecule has 2 aliphatic heterocycles. The molecule has 0 aliphatic carbocycles. The molecule has 2 saturated heterocycles. The molecule has 2 heterocycles. The van der Waals surface area contributed by atoms with Crippen LogP contribution in [0.5, 0.6) is 0 Å². The van der Waals surface area contributed by atoms with Crippen LogP contribution in [0.3, 0.4) is 0 Å². The van der Waals surface area contributed by atoms with E-state index in [1.54, 1.807) is 14.2 Å². The van der Waals surface area contributed by atoms with Crippen molar-refractivity contribution < 1.29 is 33.2 Å². The Morgan fingerprint density at radius 3 is 2.00 bits per heavy atom. The molecule has 0 aromatic carbocycles. The molecule has 0 spiro atoms. The zero-order chi connectivity index (χ0) is 24.4. The van der Waals surface area contributed by atoms with Crippen molar-refractivity contribution in [2.45, 2.75) is 110 Å². The van der Waals surface area contributed by atoms with Gasteiger partial charge >= 0.3 is 0 Å². The Balaban J connectivity index is 2.09. The number of hydrogen-bond donors (Lipinski definition) is 1. The third-order valence-electron chi connectivity index (χ3n) is 7.99. The summed E-state index contributed by atoms with van der Waals surface area (Å²) < 4.78 is 36.4. The van der Waals surface area contributed by atoms with Gasteiger partial charge in [-0.05, 0) is 25.1 Å². The molecule has 0 radical (unpaired) electrons. The van der Waals surface area contributed by atoms with E-state index in [4.69, 9.17) is 28.1 Å². The Morgan fingerprint density at radius 2 is 1.47 bits per heavy atom. The third-order valence-corrected chi connectivity index (χ3v) is 12.5. The second kappa shape index (κ2) is 11.1. The molecule has 0 bridgehead atoms. The molecule has 0 aromatic heterocycles. The lowest BCUT2D eigenvalue weighted by molar-refractivity contribution is -0.288. The summed E-state index contributed by atoms with van der Waals surface area (Å²) in [7, 11) is 1.34. The largest absolute Gasteiger partial charge is 0.411 e. The summed E-state index contributed by atoms with van der Waals surface area (Å²) in [5.41, 5.74) is 0. The fraction of sp³-hybridized carbons (Fsp3) is 1.00. The molecule has 0 aromatic rings. The maximum absolute atomic E-state index is 11.2. The quantitative estimate of drug-likeness (QED) is 0.534. The number of ether oxygens (including phenoxy) is 5. The van der Waals surface area contributed by atoms with E-state index in [0.29, 0.717) is 6.61 Å². The number of rotatable bonds is 8. The summed E-state index contributed by atoms with van der Waals surface area (Å²) >= 11 is 0. The molecule has 2 rings (SSSR count). The van der Waals surface area contributed by atoms with Crippen LogP contribution in [0.25, 0.3) is 0 Å². The van der Waals surface area contributed by atoms with E-state index in [2.05, 4.69) is 54.6 Å². The first-order valence-corrected chi connectivity index (χ1v) is 15.0. The van der Waals surface area contributed by atoms with E-state index in [1.165, 1.54) is 0 Å². The van der Waals surface area contributed by atoms with Crippen molar-refractivity contribution in [2.24, 2.45) is 17.8 Å². The van der Waals surface area contributed by atoms with E-state index in [-0.39, 0.29) is 53.8 Å². The predicted molar refractivity (Wildman–Crippen MR) is 127 cm³/mol. The van der Waals surface area contributed by atoms with Crippen LogP contribution in [0.4, 0.5) is 0 Å². The van der Waals surface area contributed by atoms with E-state index in [0.717, 1.165) is 0 Å². The van der Waals surface area contributed by atoms with Gasteiger partial charge in [-0.1, -0.05) is 41.5 Å². The molecule has 0 saturated carbocycles. The van der Waals surface area contributed by atoms with E-state index < -0.39 is 26.8 Å². The van der Waals surface area contributed by atoms with Crippen molar-refractivity contribution in [1.82, 2.24) is 0 Å². The minimum atomic E-state index is -2.05. The molecule has 10 atom stereocenters. The second-order valence-corrected chi connectivity index (χ2v) is 16.1. The molecular weight excluding hydrogens is 428 g/mol. The van der Waals surface area contributed by atoms with Crippen LogP contribution < -0.4 is 0 Å². The number of aliphatic hydroxyl groups excluding tert-OH is 1. The molecule has 190 valence electrons. The first-order valence-electron chi connectivity index (χ1n) is 12.0. The van der Waals surface area contributed by atoms with E-state index in [1.807, 2.05) is 6.92 Å². The molecule has 32 heavy (non-hydrogen) atoms. The van der Waals surface area contributed by atoms with Crippen LogP contribution in [0.15, 0.2) is 0 Å². The zero-order valence-corrected chi connectivity index (χ0v) is 23.1. The average molecular weight is 477 g/mol. The smallest absolute Gasteiger partial charge is 0.192 e. The lowest BCUT2D eigenvalue weighted by Gasteiger charge is -2.48. The molecule has 2 fully saturated rings. The van der Waals surface area contributed by atoms with E-state index >= 15 is 0 Å². The predicted octanol–water partition coefficient (Wildman–Crippen LogP) is 3.84. The van der Waals surface area contributed by atoms with Gasteiger partial charge in [0.25, 0.3) is 0 Å². The van der Waals surface area contributed by atoms with Crippen LogP contribution in [0, 0.1) is 17.8 Å². The van der Waals surface area contributed by atoms with Crippen molar-refractivity contribution in [3.63, 3.8) is 0 Å². The van der Waals surface area contributed by atoms with E-state index in [9.17, 15) is 5.11 Å². The Hall–Kier alpha value is -0.0631. The lowest BCUT2D eigenvalue weighted by Crippen LogP contribution is -2.60. The molecule has 7 nitrogen and oxygen atoms in total. The van der Waals surface area contributed by atoms with Gasteiger partial charge in [0, 0.05) is 32.0 Å². The Bertz CT molecular complexity index is 581. The molecule has 1 N–H and O–H groups in total. The number of methoxy groups -OCH3 is 2. The standard InChI is InChI=1S/C24H48O7Si/c1-14-17(4)29-19(20(25)22(14)31-32(10,11)24(5,6)7)13-28-23-16(3)21(27-9)15(2)18(30-23)12-26-8/h14-23,25H,12-13H2,1-11H3/t14?,15-,16?,17+,18?,19?,20-,21+,22-,23-/m1/s1. The fourth-order valence-corrected chi connectivity index (χ4v) is 5.92. The normalized spacial score (nSPS) is 41.6. The highest BCUT2D eigenvalue weighted by molar-refractivity contribution is 6.74. The molecular formula is C24H48O7Si. The first-order chi connectivity index (χ1) is 14.7. The summed E-state index contributed by atoms with van der Waals surface area (Å²) in [5.74, 6) is 0.319. The Morgan fingerprint density at radius 1 is 0.844 bits per heavy atom. The van der Waals surface area contributed by atoms with Gasteiger partial charge in [0.15, 0.2) is 14.6 Å². The van der Waals surface area contributed by atoms with Crippen molar-refractivity contribution in [3.05, 3.63) is 0 Å². The minimum Gasteiger partial charge on any atom is -0.411 e. The van der Waals surface area contributed by atoms with Crippen molar-refractivity contribution in [3.8, 4) is 0 Å². The average Bonchev–Trinajstić information content (AvgIpc) is 2.69. The second-order valence-electron chi connectivity index (χ2n) is 11.3. The number of hydrogen-bond acceptors (Lipinski definition) is 7. The van der Waals surface area contributed by atoms with Crippen molar-refractivity contribution >= 4 is 8.32 Å². The summed E-state index contributed by atoms with van der Waals surface area (Å²) in [5, 5.41) is 11.3. The van der Waals surface area contributed by atoms with Gasteiger partial charge < -0.3 is 33.2 Å². The van der Waals surface area contributed by atoms with Gasteiger partial charge in [0.1, 0.15) is 12.2 Å². The Labute approximate surface area is 196 Å². The number of aliphatic hydroxyl groups is 1. The van der Waals surface area contributed by atoms with Gasteiger partial charge in [-0.2, -0.15) is 0 Å². The monoisotopic (exact) mass is 476 g/mol. The highest BCUT2D eigenvalue weighted by Gasteiger charge is 2.48. The van der Waals surface area contributed by atoms with Crippen LogP contribution in [0.1, 0.15) is 48.5 Å². The van der Waals surface area contributed by atoms with Crippen LogP contribution in [0.2, 0.25) is 18.1 Å². The van der Waals surface area contributed by atoms with Crippen LogP contribution in [-0.2, 0) is 28.1 Å². The summed E-state index contributed by atoms with van der Waals surface area (Å²) in [4.78, 5) is 0.